The quantitative estimate of drug-likeness (QED) is 0.116. The number of fused-ring (bicyclic) bond motifs is 1. The average Bonchev–Trinajstić information content (AvgIpc) is 3.07. The van der Waals surface area contributed by atoms with Crippen molar-refractivity contribution in [3.8, 4) is 0 Å². The van der Waals surface area contributed by atoms with Gasteiger partial charge in [0.15, 0.2) is 0 Å². The molecule has 1 amide bonds. The van der Waals surface area contributed by atoms with Crippen LogP contribution >= 0.6 is 23.5 Å². The minimum absolute atomic E-state index is 0.0276. The van der Waals surface area contributed by atoms with E-state index in [9.17, 15) is 33.6 Å². The number of ether oxygens (including phenoxy) is 1. The lowest BCUT2D eigenvalue weighted by molar-refractivity contribution is -0.498. The molecule has 0 spiro atoms. The van der Waals surface area contributed by atoms with Crippen LogP contribution in [0.1, 0.15) is 0 Å². The smallest absolute Gasteiger partial charge is 0.387 e. The Labute approximate surface area is 183 Å². The fraction of sp³-hybridized carbons (Fsp3) is 0.636. The van der Waals surface area contributed by atoms with Crippen LogP contribution in [0.2, 0.25) is 0 Å². The van der Waals surface area contributed by atoms with E-state index in [2.05, 4.69) is 23.1 Å². The monoisotopic (exact) mass is 538 g/mol. The normalized spacial score (nSPS) is 33.7. The zero-order valence-corrected chi connectivity index (χ0v) is 19.0. The van der Waals surface area contributed by atoms with Gasteiger partial charge in [0, 0.05) is 0 Å². The Morgan fingerprint density at radius 1 is 1.12 bits per heavy atom. The van der Waals surface area contributed by atoms with E-state index < -0.39 is 66.6 Å². The maximum atomic E-state index is 12.1. The number of aliphatic imine (C=N–C) groups is 2. The van der Waals surface area contributed by atoms with E-state index in [1.165, 1.54) is 22.9 Å². The summed E-state index contributed by atoms with van der Waals surface area (Å²) in [4.78, 5) is 56.4. The van der Waals surface area contributed by atoms with Gasteiger partial charge in [-0.05, 0) is 0 Å². The molecule has 7 atom stereocenters. The van der Waals surface area contributed by atoms with E-state index in [1.54, 1.807) is 0 Å². The number of aliphatic hydroxyl groups is 2. The lowest BCUT2D eigenvalue weighted by atomic mass is 10.1. The largest absolute Gasteiger partial charge is 0.490 e. The molecule has 1 fully saturated rings. The molecule has 0 aliphatic carbocycles. The van der Waals surface area contributed by atoms with Gasteiger partial charge in [0.25, 0.3) is 11.9 Å². The summed E-state index contributed by atoms with van der Waals surface area (Å²) in [6.07, 6.45) is -4.97. The van der Waals surface area contributed by atoms with Gasteiger partial charge in [0.1, 0.15) is 18.3 Å². The van der Waals surface area contributed by atoms with Gasteiger partial charge in [-0.2, -0.15) is 23.5 Å². The summed E-state index contributed by atoms with van der Waals surface area (Å²) in [7, 11) is -15.3. The first-order valence-electron chi connectivity index (χ1n) is 8.61. The lowest BCUT2D eigenvalue weighted by Crippen LogP contribution is -2.49. The zero-order valence-electron chi connectivity index (χ0n) is 16.3. The van der Waals surface area contributed by atoms with Gasteiger partial charge in [-0.3, -0.25) is 9.32 Å². The molecule has 33 heavy (non-hydrogen) atoms. The van der Waals surface area contributed by atoms with Crippen molar-refractivity contribution in [2.45, 2.75) is 30.6 Å². The van der Waals surface area contributed by atoms with Crippen molar-refractivity contribution < 1.29 is 70.7 Å². The van der Waals surface area contributed by atoms with Gasteiger partial charge in [-0.1, -0.05) is 0 Å². The van der Waals surface area contributed by atoms with E-state index in [0.717, 1.165) is 0 Å². The molecule has 3 heterocycles. The molecule has 1 saturated heterocycles. The fourth-order valence-corrected chi connectivity index (χ4v) is 6.16. The molecule has 186 valence electrons. The van der Waals surface area contributed by atoms with E-state index >= 15 is 0 Å². The molecule has 19 nitrogen and oxygen atoms in total. The number of likely N-dealkylation sites (N-methyl/N-ethyl adjacent to an activating group) is 1. The Morgan fingerprint density at radius 2 is 1.76 bits per heavy atom. The second-order valence-corrected chi connectivity index (χ2v) is 11.2. The molecule has 3 rings (SSSR count). The molecule has 0 aromatic carbocycles. The number of hydrogen-bond donors (Lipinski definition) is 7. The Bertz CT molecular complexity index is 1070. The highest BCUT2D eigenvalue weighted by Crippen LogP contribution is 2.66. The Kier molecular flexibility index (Phi) is 7.12. The van der Waals surface area contributed by atoms with Crippen molar-refractivity contribution in [2.24, 2.45) is 15.7 Å². The minimum atomic E-state index is -5.73. The van der Waals surface area contributed by atoms with Gasteiger partial charge >= 0.3 is 29.4 Å². The van der Waals surface area contributed by atoms with E-state index in [4.69, 9.17) is 25.2 Å². The molecule has 3 unspecified atom stereocenters. The third-order valence-electron chi connectivity index (χ3n) is 4.34. The first kappa shape index (κ1) is 26.2. The van der Waals surface area contributed by atoms with Crippen LogP contribution in [0.3, 0.4) is 0 Å². The van der Waals surface area contributed by atoms with Crippen LogP contribution < -0.4 is 5.73 Å². The van der Waals surface area contributed by atoms with Crippen molar-refractivity contribution >= 4 is 47.5 Å². The minimum Gasteiger partial charge on any atom is -0.387 e. The van der Waals surface area contributed by atoms with Crippen LogP contribution in [-0.2, 0) is 36.4 Å². The maximum Gasteiger partial charge on any atom is 0.490 e. The molecule has 22 heteroatoms. The van der Waals surface area contributed by atoms with E-state index in [0.29, 0.717) is 0 Å². The summed E-state index contributed by atoms with van der Waals surface area (Å²) in [5.41, 5.74) is 5.50. The number of guanidine groups is 1. The number of rotatable bonds is 8. The van der Waals surface area contributed by atoms with Crippen molar-refractivity contribution in [1.82, 2.24) is 4.90 Å². The number of nitrogens with zero attached hydrogens (tertiary/aromatic N) is 4. The third kappa shape index (κ3) is 5.98. The summed E-state index contributed by atoms with van der Waals surface area (Å²) in [6, 6.07) is -0.973. The van der Waals surface area contributed by atoms with Crippen molar-refractivity contribution in [3.63, 3.8) is 0 Å². The number of hydrogen-bond acceptors (Lipinski definition) is 13. The predicted molar refractivity (Wildman–Crippen MR) is 102 cm³/mol. The Morgan fingerprint density at radius 3 is 2.36 bits per heavy atom. The van der Waals surface area contributed by atoms with Crippen molar-refractivity contribution in [1.29, 1.82) is 0 Å². The molecule has 0 aromatic heterocycles. The van der Waals surface area contributed by atoms with E-state index in [-0.39, 0.29) is 11.8 Å². The van der Waals surface area contributed by atoms with Crippen LogP contribution in [0, 0.1) is 0 Å². The number of nitrogens with two attached hydrogens (primary N) is 1. The van der Waals surface area contributed by atoms with E-state index in [1.807, 2.05) is 0 Å². The number of amidine groups is 1. The molecule has 3 aliphatic rings. The van der Waals surface area contributed by atoms with Crippen LogP contribution in [0.25, 0.3) is 0 Å². The number of carbonyl (C=O) groups is 1. The predicted octanol–water partition coefficient (Wildman–Crippen LogP) is -3.62. The molecule has 0 aromatic rings. The van der Waals surface area contributed by atoms with Crippen LogP contribution in [0.15, 0.2) is 9.98 Å². The van der Waals surface area contributed by atoms with Crippen LogP contribution in [0.5, 0.6) is 0 Å². The second-order valence-electron chi connectivity index (χ2n) is 6.80. The van der Waals surface area contributed by atoms with Gasteiger partial charge in [0.05, 0.1) is 13.7 Å². The van der Waals surface area contributed by atoms with Crippen LogP contribution in [0.4, 0.5) is 0 Å². The number of phosphoric ester groups is 1. The Balaban J connectivity index is 1.68. The maximum absolute atomic E-state index is 12.1. The highest BCUT2D eigenvalue weighted by molar-refractivity contribution is 7.66. The molecule has 3 aliphatic heterocycles. The summed E-state index contributed by atoms with van der Waals surface area (Å²) < 4.78 is 52.2. The summed E-state index contributed by atoms with van der Waals surface area (Å²) in [5, 5.41) is 20.6. The molecule has 0 saturated carbocycles. The number of phosphoric acid groups is 3. The molecule has 0 bridgehead atoms. The molecule has 0 radical (unpaired) electrons. The lowest BCUT2D eigenvalue weighted by Gasteiger charge is -2.21. The van der Waals surface area contributed by atoms with Crippen molar-refractivity contribution in [2.75, 3.05) is 13.7 Å². The van der Waals surface area contributed by atoms with Crippen LogP contribution in [-0.4, -0.2) is 108 Å². The first-order valence-corrected chi connectivity index (χ1v) is 13.1. The highest BCUT2D eigenvalue weighted by Gasteiger charge is 2.56. The topological polar surface area (TPSA) is 284 Å². The average molecular weight is 538 g/mol. The molecular formula is C11H19N5O14P3+. The number of aliphatic hydroxyl groups excluding tert-OH is 2. The standard InChI is InChI=1S/C11H18N5O14P3/c1-15-3-16(8-5(15)9(19)14-11(12)13-8)10-7(18)6(17)4(28-10)2-27-32(23,24)30-33(25,26)29-31(20,21)22/h3-7,10,17-18H,2H2,1H3,(H5-,12,14,19,20,21,22,23,24,25,26)/p+1/t4-,5?,6-,7-,10-/m1/s1. The van der Waals surface area contributed by atoms with Gasteiger partial charge in [-0.15, -0.1) is 0 Å². The molecular weight excluding hydrogens is 519 g/mol. The summed E-state index contributed by atoms with van der Waals surface area (Å²) in [5.74, 6) is -0.965. The van der Waals surface area contributed by atoms with Gasteiger partial charge in [-0.25, -0.2) is 18.3 Å². The van der Waals surface area contributed by atoms with Gasteiger partial charge < -0.3 is 40.3 Å². The third-order valence-corrected chi connectivity index (χ3v) is 8.14. The number of carbonyl (C=O) groups excluding carboxylic acids is 1. The summed E-state index contributed by atoms with van der Waals surface area (Å²) in [6.45, 7) is -0.999. The Hall–Kier alpha value is -1.43. The first-order chi connectivity index (χ1) is 15.0. The molecule has 8 N–H and O–H groups in total. The second kappa shape index (κ2) is 8.98. The van der Waals surface area contributed by atoms with Crippen molar-refractivity contribution in [3.05, 3.63) is 0 Å². The SMILES string of the molecule is C[N+]1=CN([C@@H]2O[C@H](COP(=O)(O)OP(=O)(O)OP(=O)(O)O)[C@@H](O)[C@H]2O)C2=NC(N)=NC(=O)C21. The number of amides is 1. The van der Waals surface area contributed by atoms with Gasteiger partial charge in [0.2, 0.25) is 18.5 Å². The fourth-order valence-electron chi connectivity index (χ4n) is 3.13. The zero-order chi connectivity index (χ0) is 24.9. The highest BCUT2D eigenvalue weighted by atomic mass is 31.3. The summed E-state index contributed by atoms with van der Waals surface area (Å²) >= 11 is 0.